The minimum Gasteiger partial charge on any atom is -0.451 e. The normalized spacial score (nSPS) is 15.7. The molecule has 4 nitrogen and oxygen atoms in total. The predicted octanol–water partition coefficient (Wildman–Crippen LogP) is 2.66. The van der Waals surface area contributed by atoms with E-state index in [1.54, 1.807) is 0 Å². The zero-order valence-corrected chi connectivity index (χ0v) is 11.6. The van der Waals surface area contributed by atoms with E-state index < -0.39 is 0 Å². The van der Waals surface area contributed by atoms with Gasteiger partial charge in [0.05, 0.1) is 0 Å². The Kier molecular flexibility index (Phi) is 3.38. The van der Waals surface area contributed by atoms with Crippen molar-refractivity contribution >= 4 is 34.3 Å². The molecule has 1 aromatic carbocycles. The van der Waals surface area contributed by atoms with Gasteiger partial charge >= 0.3 is 0 Å². The standard InChI is InChI=1S/C14H16N2O2S/c1-15-11-3-2-10-8-13(18-12(10)9-11)14(17)16-4-6-19-7-5-16/h2-3,8-9,15H,4-7H2,1H3. The maximum absolute atomic E-state index is 12.3. The van der Waals surface area contributed by atoms with E-state index in [9.17, 15) is 4.79 Å². The highest BCUT2D eigenvalue weighted by molar-refractivity contribution is 7.99. The van der Waals surface area contributed by atoms with Crippen LogP contribution in [0.25, 0.3) is 11.0 Å². The first-order valence-corrected chi connectivity index (χ1v) is 7.52. The molecule has 1 amide bonds. The Morgan fingerprint density at radius 1 is 1.32 bits per heavy atom. The fourth-order valence-corrected chi connectivity index (χ4v) is 3.12. The van der Waals surface area contributed by atoms with Gasteiger partial charge in [-0.3, -0.25) is 4.79 Å². The molecule has 0 unspecified atom stereocenters. The van der Waals surface area contributed by atoms with Crippen molar-refractivity contribution in [1.82, 2.24) is 4.90 Å². The summed E-state index contributed by atoms with van der Waals surface area (Å²) in [7, 11) is 1.86. The first kappa shape index (κ1) is 12.4. The van der Waals surface area contributed by atoms with Crippen LogP contribution in [0, 0.1) is 0 Å². The molecule has 1 aromatic heterocycles. The molecule has 100 valence electrons. The summed E-state index contributed by atoms with van der Waals surface area (Å²) in [6, 6.07) is 7.69. The molecule has 1 aliphatic rings. The summed E-state index contributed by atoms with van der Waals surface area (Å²) in [5.74, 6) is 2.46. The third-order valence-corrected chi connectivity index (χ3v) is 4.26. The average Bonchev–Trinajstić information content (AvgIpc) is 2.90. The van der Waals surface area contributed by atoms with Crippen molar-refractivity contribution in [2.45, 2.75) is 0 Å². The highest BCUT2D eigenvalue weighted by atomic mass is 32.2. The number of carbonyl (C=O) groups excluding carboxylic acids is 1. The lowest BCUT2D eigenvalue weighted by Gasteiger charge is -2.25. The number of carbonyl (C=O) groups is 1. The molecular weight excluding hydrogens is 260 g/mol. The monoisotopic (exact) mass is 276 g/mol. The Morgan fingerprint density at radius 3 is 2.84 bits per heavy atom. The Morgan fingerprint density at radius 2 is 2.11 bits per heavy atom. The zero-order valence-electron chi connectivity index (χ0n) is 10.8. The summed E-state index contributed by atoms with van der Waals surface area (Å²) in [5.41, 5.74) is 1.73. The molecule has 2 heterocycles. The Balaban J connectivity index is 1.89. The molecule has 0 radical (unpaired) electrons. The van der Waals surface area contributed by atoms with E-state index in [-0.39, 0.29) is 5.91 Å². The summed E-state index contributed by atoms with van der Waals surface area (Å²) in [6.45, 7) is 1.62. The van der Waals surface area contributed by atoms with Crippen LogP contribution in [0.4, 0.5) is 5.69 Å². The van der Waals surface area contributed by atoms with Crippen molar-refractivity contribution in [3.8, 4) is 0 Å². The van der Waals surface area contributed by atoms with Crippen molar-refractivity contribution in [3.05, 3.63) is 30.0 Å². The lowest BCUT2D eigenvalue weighted by Crippen LogP contribution is -2.37. The predicted molar refractivity (Wildman–Crippen MR) is 79.0 cm³/mol. The number of thioether (sulfide) groups is 1. The number of anilines is 1. The second-order valence-electron chi connectivity index (χ2n) is 4.52. The third-order valence-electron chi connectivity index (χ3n) is 3.32. The van der Waals surface area contributed by atoms with Crippen LogP contribution >= 0.6 is 11.8 Å². The largest absolute Gasteiger partial charge is 0.451 e. The van der Waals surface area contributed by atoms with Crippen molar-refractivity contribution in [2.24, 2.45) is 0 Å². The van der Waals surface area contributed by atoms with Gasteiger partial charge in [-0.25, -0.2) is 0 Å². The van der Waals surface area contributed by atoms with Crippen LogP contribution in [0.3, 0.4) is 0 Å². The van der Waals surface area contributed by atoms with E-state index in [2.05, 4.69) is 5.32 Å². The number of nitrogens with zero attached hydrogens (tertiary/aromatic N) is 1. The van der Waals surface area contributed by atoms with Crippen molar-refractivity contribution in [1.29, 1.82) is 0 Å². The van der Waals surface area contributed by atoms with E-state index >= 15 is 0 Å². The maximum atomic E-state index is 12.3. The first-order valence-electron chi connectivity index (χ1n) is 6.36. The molecule has 0 atom stereocenters. The maximum Gasteiger partial charge on any atom is 0.289 e. The molecule has 5 heteroatoms. The smallest absolute Gasteiger partial charge is 0.289 e. The second kappa shape index (κ2) is 5.17. The number of benzene rings is 1. The number of amides is 1. The van der Waals surface area contributed by atoms with Gasteiger partial charge in [0.15, 0.2) is 5.76 Å². The van der Waals surface area contributed by atoms with Crippen LogP contribution < -0.4 is 5.32 Å². The highest BCUT2D eigenvalue weighted by Gasteiger charge is 2.21. The summed E-state index contributed by atoms with van der Waals surface area (Å²) in [4.78, 5) is 14.2. The Hall–Kier alpha value is -1.62. The summed E-state index contributed by atoms with van der Waals surface area (Å²) >= 11 is 1.89. The van der Waals surface area contributed by atoms with E-state index in [4.69, 9.17) is 4.42 Å². The third kappa shape index (κ3) is 2.42. The molecule has 2 aromatic rings. The van der Waals surface area contributed by atoms with Gasteiger partial charge in [-0.05, 0) is 18.2 Å². The molecule has 0 bridgehead atoms. The van der Waals surface area contributed by atoms with Crippen LogP contribution in [0.1, 0.15) is 10.6 Å². The zero-order chi connectivity index (χ0) is 13.2. The lowest BCUT2D eigenvalue weighted by atomic mass is 10.2. The molecule has 1 N–H and O–H groups in total. The van der Waals surface area contributed by atoms with Crippen molar-refractivity contribution < 1.29 is 9.21 Å². The van der Waals surface area contributed by atoms with Gasteiger partial charge < -0.3 is 14.6 Å². The molecule has 1 saturated heterocycles. The summed E-state index contributed by atoms with van der Waals surface area (Å²) < 4.78 is 5.69. The van der Waals surface area contributed by atoms with Gasteiger partial charge in [-0.2, -0.15) is 11.8 Å². The van der Waals surface area contributed by atoms with Crippen LogP contribution in [0.5, 0.6) is 0 Å². The minimum absolute atomic E-state index is 0.00232. The van der Waals surface area contributed by atoms with Crippen molar-refractivity contribution in [2.75, 3.05) is 37.0 Å². The quantitative estimate of drug-likeness (QED) is 0.916. The second-order valence-corrected chi connectivity index (χ2v) is 5.74. The molecular formula is C14H16N2O2S. The number of hydrogen-bond acceptors (Lipinski definition) is 4. The highest BCUT2D eigenvalue weighted by Crippen LogP contribution is 2.24. The van der Waals surface area contributed by atoms with Gasteiger partial charge in [0, 0.05) is 48.8 Å². The van der Waals surface area contributed by atoms with E-state index in [1.807, 2.05) is 48.0 Å². The van der Waals surface area contributed by atoms with E-state index in [1.165, 1.54) is 0 Å². The molecule has 19 heavy (non-hydrogen) atoms. The Bertz CT molecular complexity index is 603. The minimum atomic E-state index is 0.00232. The van der Waals surface area contributed by atoms with Gasteiger partial charge in [-0.1, -0.05) is 0 Å². The van der Waals surface area contributed by atoms with Crippen LogP contribution in [-0.2, 0) is 0 Å². The van der Waals surface area contributed by atoms with Crippen molar-refractivity contribution in [3.63, 3.8) is 0 Å². The molecule has 0 aliphatic carbocycles. The van der Waals surface area contributed by atoms with E-state index in [0.29, 0.717) is 5.76 Å². The number of furan rings is 1. The molecule has 3 rings (SSSR count). The molecule has 0 spiro atoms. The van der Waals surface area contributed by atoms with Crippen LogP contribution in [0.2, 0.25) is 0 Å². The van der Waals surface area contributed by atoms with Crippen LogP contribution in [-0.4, -0.2) is 42.4 Å². The fraction of sp³-hybridized carbons (Fsp3) is 0.357. The first-order chi connectivity index (χ1) is 9.28. The summed E-state index contributed by atoms with van der Waals surface area (Å²) in [5, 5.41) is 4.03. The molecule has 1 aliphatic heterocycles. The SMILES string of the molecule is CNc1ccc2cc(C(=O)N3CCSCC3)oc2c1. The van der Waals surface area contributed by atoms with Gasteiger partial charge in [0.1, 0.15) is 5.58 Å². The number of fused-ring (bicyclic) bond motifs is 1. The lowest BCUT2D eigenvalue weighted by molar-refractivity contribution is 0.0743. The Labute approximate surface area is 116 Å². The molecule has 1 fully saturated rings. The topological polar surface area (TPSA) is 45.5 Å². The van der Waals surface area contributed by atoms with Crippen LogP contribution in [0.15, 0.2) is 28.7 Å². The number of rotatable bonds is 2. The average molecular weight is 276 g/mol. The van der Waals surface area contributed by atoms with Gasteiger partial charge in [0.25, 0.3) is 5.91 Å². The molecule has 0 saturated carbocycles. The number of hydrogen-bond donors (Lipinski definition) is 1. The summed E-state index contributed by atoms with van der Waals surface area (Å²) in [6.07, 6.45) is 0. The fourth-order valence-electron chi connectivity index (χ4n) is 2.21. The van der Waals surface area contributed by atoms with E-state index in [0.717, 1.165) is 41.3 Å². The van der Waals surface area contributed by atoms with Gasteiger partial charge in [0.2, 0.25) is 0 Å². The number of nitrogens with one attached hydrogen (secondary N) is 1. The van der Waals surface area contributed by atoms with Gasteiger partial charge in [-0.15, -0.1) is 0 Å².